The third-order valence-corrected chi connectivity index (χ3v) is 5.83. The van der Waals surface area contributed by atoms with E-state index in [4.69, 9.17) is 0 Å². The van der Waals surface area contributed by atoms with Gasteiger partial charge in [0, 0.05) is 29.6 Å². The Morgan fingerprint density at radius 2 is 2.32 bits per heavy atom. The van der Waals surface area contributed by atoms with E-state index in [1.807, 2.05) is 6.92 Å². The van der Waals surface area contributed by atoms with Gasteiger partial charge in [-0.05, 0) is 32.6 Å². The number of hydrogen-bond acceptors (Lipinski definition) is 5. The highest BCUT2D eigenvalue weighted by Gasteiger charge is 2.27. The van der Waals surface area contributed by atoms with E-state index in [0.717, 1.165) is 30.0 Å². The molecule has 1 saturated heterocycles. The standard InChI is InChI=1S/C11H20N4O2S2/c1-8-10(6-12-2)11(14-13-8)19(16,17)15-9-4-3-5-18-7-9/h9,12,15H,3-7H2,1-2H3,(H,13,14). The first kappa shape index (κ1) is 14.8. The zero-order valence-electron chi connectivity index (χ0n) is 11.2. The molecule has 2 rings (SSSR count). The second-order valence-electron chi connectivity index (χ2n) is 4.70. The van der Waals surface area contributed by atoms with Gasteiger partial charge in [-0.25, -0.2) is 13.1 Å². The Bertz CT molecular complexity index is 521. The highest BCUT2D eigenvalue weighted by atomic mass is 32.2. The molecule has 1 aromatic rings. The van der Waals surface area contributed by atoms with Crippen molar-refractivity contribution in [3.8, 4) is 0 Å². The van der Waals surface area contributed by atoms with Crippen LogP contribution in [-0.2, 0) is 16.6 Å². The Labute approximate surface area is 118 Å². The molecule has 2 heterocycles. The second kappa shape index (κ2) is 6.25. The maximum atomic E-state index is 12.4. The van der Waals surface area contributed by atoms with Crippen LogP contribution in [0.4, 0.5) is 0 Å². The highest BCUT2D eigenvalue weighted by Crippen LogP contribution is 2.21. The van der Waals surface area contributed by atoms with Gasteiger partial charge in [-0.3, -0.25) is 5.10 Å². The average molecular weight is 304 g/mol. The molecule has 1 fully saturated rings. The van der Waals surface area contributed by atoms with Gasteiger partial charge in [0.1, 0.15) is 0 Å². The maximum Gasteiger partial charge on any atom is 0.260 e. The van der Waals surface area contributed by atoms with Crippen LogP contribution in [0.1, 0.15) is 24.1 Å². The number of sulfonamides is 1. The predicted octanol–water partition coefficient (Wildman–Crippen LogP) is 0.611. The van der Waals surface area contributed by atoms with Crippen molar-refractivity contribution < 1.29 is 8.42 Å². The summed E-state index contributed by atoms with van der Waals surface area (Å²) >= 11 is 1.79. The van der Waals surface area contributed by atoms with Gasteiger partial charge in [-0.15, -0.1) is 0 Å². The van der Waals surface area contributed by atoms with Crippen LogP contribution < -0.4 is 10.0 Å². The fraction of sp³-hybridized carbons (Fsp3) is 0.727. The van der Waals surface area contributed by atoms with Crippen molar-refractivity contribution in [2.45, 2.75) is 37.4 Å². The maximum absolute atomic E-state index is 12.4. The summed E-state index contributed by atoms with van der Waals surface area (Å²) in [4.78, 5) is 0. The first-order valence-corrected chi connectivity index (χ1v) is 8.97. The van der Waals surface area contributed by atoms with Crippen molar-refractivity contribution in [2.24, 2.45) is 0 Å². The molecule has 8 heteroatoms. The Balaban J connectivity index is 2.18. The molecule has 1 aromatic heterocycles. The van der Waals surface area contributed by atoms with E-state index in [0.29, 0.717) is 12.1 Å². The first-order valence-electron chi connectivity index (χ1n) is 6.33. The van der Waals surface area contributed by atoms with Crippen LogP contribution in [0.3, 0.4) is 0 Å². The topological polar surface area (TPSA) is 86.9 Å². The zero-order valence-corrected chi connectivity index (χ0v) is 12.8. The normalized spacial score (nSPS) is 20.6. The number of rotatable bonds is 5. The number of thioether (sulfide) groups is 1. The van der Waals surface area contributed by atoms with Crippen molar-refractivity contribution in [3.05, 3.63) is 11.3 Å². The van der Waals surface area contributed by atoms with Gasteiger partial charge in [0.15, 0.2) is 5.03 Å². The number of aromatic amines is 1. The lowest BCUT2D eigenvalue weighted by Crippen LogP contribution is -2.38. The fourth-order valence-electron chi connectivity index (χ4n) is 2.15. The van der Waals surface area contributed by atoms with E-state index in [-0.39, 0.29) is 11.1 Å². The second-order valence-corrected chi connectivity index (χ2v) is 7.48. The smallest absolute Gasteiger partial charge is 0.260 e. The average Bonchev–Trinajstić information content (AvgIpc) is 2.73. The van der Waals surface area contributed by atoms with E-state index in [1.54, 1.807) is 18.8 Å². The molecule has 3 N–H and O–H groups in total. The Kier molecular flexibility index (Phi) is 4.88. The predicted molar refractivity (Wildman–Crippen MR) is 76.8 cm³/mol. The van der Waals surface area contributed by atoms with Gasteiger partial charge in [0.2, 0.25) is 0 Å². The summed E-state index contributed by atoms with van der Waals surface area (Å²) in [5.74, 6) is 1.95. The lowest BCUT2D eigenvalue weighted by atomic mass is 10.2. The summed E-state index contributed by atoms with van der Waals surface area (Å²) in [6.07, 6.45) is 1.96. The summed E-state index contributed by atoms with van der Waals surface area (Å²) in [6.45, 7) is 2.31. The van der Waals surface area contributed by atoms with Gasteiger partial charge in [0.05, 0.1) is 0 Å². The summed E-state index contributed by atoms with van der Waals surface area (Å²) in [7, 11) is -1.75. The van der Waals surface area contributed by atoms with Gasteiger partial charge in [-0.1, -0.05) is 0 Å². The highest BCUT2D eigenvalue weighted by molar-refractivity contribution is 7.99. The zero-order chi connectivity index (χ0) is 13.9. The largest absolute Gasteiger partial charge is 0.316 e. The summed E-state index contributed by atoms with van der Waals surface area (Å²) in [5, 5.41) is 9.79. The van der Waals surface area contributed by atoms with Crippen LogP contribution in [0.25, 0.3) is 0 Å². The fourth-order valence-corrected chi connectivity index (χ4v) is 4.79. The van der Waals surface area contributed by atoms with Crippen LogP contribution in [-0.4, -0.2) is 43.2 Å². The number of aromatic nitrogens is 2. The monoisotopic (exact) mass is 304 g/mol. The van der Waals surface area contributed by atoms with Crippen LogP contribution in [0, 0.1) is 6.92 Å². The molecule has 0 bridgehead atoms. The van der Waals surface area contributed by atoms with Gasteiger partial charge in [-0.2, -0.15) is 16.9 Å². The molecule has 0 aromatic carbocycles. The molecule has 1 unspecified atom stereocenters. The number of hydrogen-bond donors (Lipinski definition) is 3. The minimum Gasteiger partial charge on any atom is -0.316 e. The molecule has 1 aliphatic rings. The molecule has 0 aliphatic carbocycles. The molecule has 0 radical (unpaired) electrons. The number of H-pyrrole nitrogens is 1. The summed E-state index contributed by atoms with van der Waals surface area (Å²) in [5.41, 5.74) is 1.49. The summed E-state index contributed by atoms with van der Waals surface area (Å²) < 4.78 is 27.5. The molecular formula is C11H20N4O2S2. The Morgan fingerprint density at radius 3 is 2.95 bits per heavy atom. The van der Waals surface area contributed by atoms with Gasteiger partial charge >= 0.3 is 0 Å². The third kappa shape index (κ3) is 3.50. The van der Waals surface area contributed by atoms with E-state index < -0.39 is 10.0 Å². The third-order valence-electron chi connectivity index (χ3n) is 3.13. The Morgan fingerprint density at radius 1 is 1.53 bits per heavy atom. The molecule has 1 atom stereocenters. The molecule has 19 heavy (non-hydrogen) atoms. The van der Waals surface area contributed by atoms with Crippen molar-refractivity contribution >= 4 is 21.8 Å². The first-order chi connectivity index (χ1) is 9.04. The van der Waals surface area contributed by atoms with Gasteiger partial charge < -0.3 is 5.32 Å². The van der Waals surface area contributed by atoms with Crippen molar-refractivity contribution in [1.29, 1.82) is 0 Å². The lowest BCUT2D eigenvalue weighted by molar-refractivity contribution is 0.538. The summed E-state index contributed by atoms with van der Waals surface area (Å²) in [6, 6.07) is 0.0168. The van der Waals surface area contributed by atoms with Crippen molar-refractivity contribution in [2.75, 3.05) is 18.6 Å². The minimum atomic E-state index is -3.54. The van der Waals surface area contributed by atoms with Crippen LogP contribution >= 0.6 is 11.8 Å². The van der Waals surface area contributed by atoms with Crippen molar-refractivity contribution in [1.82, 2.24) is 20.2 Å². The Hall–Kier alpha value is -0.570. The molecule has 1 aliphatic heterocycles. The SMILES string of the molecule is CNCc1c(S(=O)(=O)NC2CCCSC2)n[nH]c1C. The molecular weight excluding hydrogens is 284 g/mol. The van der Waals surface area contributed by atoms with Gasteiger partial charge in [0.25, 0.3) is 10.0 Å². The molecule has 0 spiro atoms. The number of aryl methyl sites for hydroxylation is 1. The molecule has 0 amide bonds. The van der Waals surface area contributed by atoms with Crippen LogP contribution in [0.5, 0.6) is 0 Å². The van der Waals surface area contributed by atoms with E-state index in [2.05, 4.69) is 20.2 Å². The van der Waals surface area contributed by atoms with E-state index >= 15 is 0 Å². The van der Waals surface area contributed by atoms with E-state index in [1.165, 1.54) is 0 Å². The number of nitrogens with one attached hydrogen (secondary N) is 3. The van der Waals surface area contributed by atoms with E-state index in [9.17, 15) is 8.42 Å². The van der Waals surface area contributed by atoms with Crippen LogP contribution in [0.15, 0.2) is 5.03 Å². The molecule has 0 saturated carbocycles. The molecule has 6 nitrogen and oxygen atoms in total. The van der Waals surface area contributed by atoms with Crippen LogP contribution in [0.2, 0.25) is 0 Å². The lowest BCUT2D eigenvalue weighted by Gasteiger charge is -2.22. The minimum absolute atomic E-state index is 0.0168. The number of nitrogens with zero attached hydrogens (tertiary/aromatic N) is 1. The molecule has 108 valence electrons. The van der Waals surface area contributed by atoms with Crippen molar-refractivity contribution in [3.63, 3.8) is 0 Å². The quantitative estimate of drug-likeness (QED) is 0.742.